The molecule has 2 aromatic rings. The topological polar surface area (TPSA) is 52.6 Å². The highest BCUT2D eigenvalue weighted by Gasteiger charge is 2.13. The Bertz CT molecular complexity index is 649. The number of benzene rings is 2. The molecular weight excluding hydrogens is 292 g/mol. The first kappa shape index (κ1) is 16.7. The molecule has 0 bridgehead atoms. The van der Waals surface area contributed by atoms with Gasteiger partial charge in [-0.3, -0.25) is 0 Å². The fraction of sp³-hybridized carbons (Fsp3) is 0.263. The van der Waals surface area contributed by atoms with Crippen molar-refractivity contribution in [3.8, 4) is 5.75 Å². The average Bonchev–Trinajstić information content (AvgIpc) is 2.59. The maximum Gasteiger partial charge on any atom is 0.343 e. The highest BCUT2D eigenvalue weighted by atomic mass is 16.5. The minimum atomic E-state index is -0.503. The van der Waals surface area contributed by atoms with Crippen LogP contribution in [0.5, 0.6) is 5.75 Å². The first-order chi connectivity index (χ1) is 11.2. The third-order valence-electron chi connectivity index (χ3n) is 3.27. The molecule has 0 fully saturated rings. The molecule has 2 rings (SSSR count). The average molecular weight is 312 g/mol. The van der Waals surface area contributed by atoms with Gasteiger partial charge >= 0.3 is 11.9 Å². The van der Waals surface area contributed by atoms with Crippen molar-refractivity contribution in [2.24, 2.45) is 0 Å². The number of para-hydroxylation sites is 1. The van der Waals surface area contributed by atoms with E-state index >= 15 is 0 Å². The van der Waals surface area contributed by atoms with Crippen LogP contribution in [-0.2, 0) is 4.74 Å². The van der Waals surface area contributed by atoms with Gasteiger partial charge in [0.15, 0.2) is 0 Å². The minimum absolute atomic E-state index is 0.317. The van der Waals surface area contributed by atoms with Crippen LogP contribution in [0.4, 0.5) is 0 Å². The fourth-order valence-electron chi connectivity index (χ4n) is 2.03. The second-order valence-corrected chi connectivity index (χ2v) is 5.13. The molecule has 0 aliphatic carbocycles. The molecule has 0 radical (unpaired) electrons. The molecule has 0 atom stereocenters. The number of esters is 2. The van der Waals surface area contributed by atoms with Crippen molar-refractivity contribution in [1.82, 2.24) is 0 Å². The van der Waals surface area contributed by atoms with Crippen molar-refractivity contribution >= 4 is 11.9 Å². The normalized spacial score (nSPS) is 10.1. The summed E-state index contributed by atoms with van der Waals surface area (Å²) < 4.78 is 10.4. The molecule has 0 amide bonds. The number of hydrogen-bond acceptors (Lipinski definition) is 4. The van der Waals surface area contributed by atoms with Crippen LogP contribution in [0.3, 0.4) is 0 Å². The Morgan fingerprint density at radius 3 is 2.26 bits per heavy atom. The van der Waals surface area contributed by atoms with Gasteiger partial charge in [-0.2, -0.15) is 0 Å². The Morgan fingerprint density at radius 1 is 0.870 bits per heavy atom. The summed E-state index contributed by atoms with van der Waals surface area (Å²) in [7, 11) is 0. The van der Waals surface area contributed by atoms with E-state index in [4.69, 9.17) is 9.47 Å². The summed E-state index contributed by atoms with van der Waals surface area (Å²) >= 11 is 0. The largest absolute Gasteiger partial charge is 0.462 e. The number of carbonyl (C=O) groups excluding carboxylic acids is 2. The molecule has 23 heavy (non-hydrogen) atoms. The standard InChI is InChI=1S/C19H20O4/c1-2-3-7-13-22-18(20)15-9-8-10-16(14-15)19(21)23-17-11-5-4-6-12-17/h4-6,8-12,14H,2-3,7,13H2,1H3. The van der Waals surface area contributed by atoms with Crippen LogP contribution in [0.25, 0.3) is 0 Å². The lowest BCUT2D eigenvalue weighted by Crippen LogP contribution is -2.11. The van der Waals surface area contributed by atoms with Gasteiger partial charge in [0.2, 0.25) is 0 Å². The smallest absolute Gasteiger partial charge is 0.343 e. The summed E-state index contributed by atoms with van der Waals surface area (Å²) in [6, 6.07) is 15.2. The highest BCUT2D eigenvalue weighted by molar-refractivity contribution is 5.96. The zero-order valence-electron chi connectivity index (χ0n) is 13.2. The minimum Gasteiger partial charge on any atom is -0.462 e. The van der Waals surface area contributed by atoms with E-state index in [9.17, 15) is 9.59 Å². The zero-order valence-corrected chi connectivity index (χ0v) is 13.2. The van der Waals surface area contributed by atoms with Crippen molar-refractivity contribution in [1.29, 1.82) is 0 Å². The van der Waals surface area contributed by atoms with Crippen LogP contribution in [0, 0.1) is 0 Å². The van der Waals surface area contributed by atoms with Gasteiger partial charge in [0.1, 0.15) is 5.75 Å². The Hall–Kier alpha value is -2.62. The van der Waals surface area contributed by atoms with Gasteiger partial charge in [0.25, 0.3) is 0 Å². The maximum atomic E-state index is 12.1. The molecule has 120 valence electrons. The third-order valence-corrected chi connectivity index (χ3v) is 3.27. The second-order valence-electron chi connectivity index (χ2n) is 5.13. The quantitative estimate of drug-likeness (QED) is 0.435. The van der Waals surface area contributed by atoms with Gasteiger partial charge in [-0.25, -0.2) is 9.59 Å². The first-order valence-electron chi connectivity index (χ1n) is 7.75. The van der Waals surface area contributed by atoms with Crippen LogP contribution >= 0.6 is 0 Å². The van der Waals surface area contributed by atoms with Crippen LogP contribution in [0.1, 0.15) is 46.9 Å². The van der Waals surface area contributed by atoms with Crippen molar-refractivity contribution < 1.29 is 19.1 Å². The lowest BCUT2D eigenvalue weighted by molar-refractivity contribution is 0.0498. The number of rotatable bonds is 7. The number of carbonyl (C=O) groups is 2. The van der Waals surface area contributed by atoms with Crippen LogP contribution in [0.2, 0.25) is 0 Å². The molecule has 0 aliphatic rings. The van der Waals surface area contributed by atoms with E-state index in [1.165, 1.54) is 6.07 Å². The van der Waals surface area contributed by atoms with E-state index < -0.39 is 11.9 Å². The number of hydrogen-bond donors (Lipinski definition) is 0. The zero-order chi connectivity index (χ0) is 16.5. The highest BCUT2D eigenvalue weighted by Crippen LogP contribution is 2.13. The first-order valence-corrected chi connectivity index (χ1v) is 7.75. The molecule has 0 saturated carbocycles. The lowest BCUT2D eigenvalue weighted by Gasteiger charge is -2.07. The van der Waals surface area contributed by atoms with E-state index in [-0.39, 0.29) is 0 Å². The molecule has 0 saturated heterocycles. The van der Waals surface area contributed by atoms with Crippen LogP contribution < -0.4 is 4.74 Å². The monoisotopic (exact) mass is 312 g/mol. The van der Waals surface area contributed by atoms with E-state index in [0.717, 1.165) is 19.3 Å². The summed E-state index contributed by atoms with van der Waals surface area (Å²) in [5.41, 5.74) is 0.667. The molecule has 2 aromatic carbocycles. The summed E-state index contributed by atoms with van der Waals surface area (Å²) in [4.78, 5) is 24.1. The summed E-state index contributed by atoms with van der Waals surface area (Å²) in [6.45, 7) is 2.48. The van der Waals surface area contributed by atoms with E-state index in [1.54, 1.807) is 42.5 Å². The van der Waals surface area contributed by atoms with Gasteiger partial charge in [-0.15, -0.1) is 0 Å². The van der Waals surface area contributed by atoms with Crippen molar-refractivity contribution in [3.63, 3.8) is 0 Å². The lowest BCUT2D eigenvalue weighted by atomic mass is 10.1. The fourth-order valence-corrected chi connectivity index (χ4v) is 2.03. The SMILES string of the molecule is CCCCCOC(=O)c1cccc(C(=O)Oc2ccccc2)c1. The number of unbranched alkanes of at least 4 members (excludes halogenated alkanes) is 2. The maximum absolute atomic E-state index is 12.1. The van der Waals surface area contributed by atoms with Crippen LogP contribution in [0.15, 0.2) is 54.6 Å². The Morgan fingerprint density at radius 2 is 1.57 bits per heavy atom. The molecule has 4 heteroatoms. The van der Waals surface area contributed by atoms with Crippen molar-refractivity contribution in [3.05, 3.63) is 65.7 Å². The Kier molecular flexibility index (Phi) is 6.36. The van der Waals surface area contributed by atoms with E-state index in [1.807, 2.05) is 6.07 Å². The van der Waals surface area contributed by atoms with Crippen LogP contribution in [-0.4, -0.2) is 18.5 Å². The molecule has 0 aromatic heterocycles. The van der Waals surface area contributed by atoms with Crippen molar-refractivity contribution in [2.75, 3.05) is 6.61 Å². The molecule has 4 nitrogen and oxygen atoms in total. The van der Waals surface area contributed by atoms with Crippen molar-refractivity contribution in [2.45, 2.75) is 26.2 Å². The molecule has 0 aliphatic heterocycles. The molecular formula is C19H20O4. The third kappa shape index (κ3) is 5.25. The molecule has 0 spiro atoms. The molecule has 0 heterocycles. The van der Waals surface area contributed by atoms with E-state index in [2.05, 4.69) is 6.92 Å². The Balaban J connectivity index is 1.98. The predicted molar refractivity (Wildman–Crippen MR) is 87.7 cm³/mol. The van der Waals surface area contributed by atoms with Gasteiger partial charge in [0.05, 0.1) is 17.7 Å². The van der Waals surface area contributed by atoms with E-state index in [0.29, 0.717) is 23.5 Å². The Labute approximate surface area is 136 Å². The number of ether oxygens (including phenoxy) is 2. The van der Waals surface area contributed by atoms with Gasteiger partial charge < -0.3 is 9.47 Å². The summed E-state index contributed by atoms with van der Waals surface area (Å²) in [5, 5.41) is 0. The second kappa shape index (κ2) is 8.73. The van der Waals surface area contributed by atoms with Gasteiger partial charge in [-0.05, 0) is 36.8 Å². The van der Waals surface area contributed by atoms with Gasteiger partial charge in [0, 0.05) is 0 Å². The molecule has 0 N–H and O–H groups in total. The predicted octanol–water partition coefficient (Wildman–Crippen LogP) is 4.25. The van der Waals surface area contributed by atoms with Gasteiger partial charge in [-0.1, -0.05) is 44.0 Å². The summed E-state index contributed by atoms with van der Waals surface area (Å²) in [5.74, 6) is -0.461. The summed E-state index contributed by atoms with van der Waals surface area (Å²) in [6.07, 6.45) is 2.94. The molecule has 0 unspecified atom stereocenters.